The van der Waals surface area contributed by atoms with E-state index < -0.39 is 11.6 Å². The maximum atomic E-state index is 13.5. The van der Waals surface area contributed by atoms with Crippen LogP contribution in [-0.2, 0) is 11.4 Å². The third-order valence-corrected chi connectivity index (χ3v) is 5.55. The van der Waals surface area contributed by atoms with E-state index in [9.17, 15) is 13.6 Å². The summed E-state index contributed by atoms with van der Waals surface area (Å²) in [4.78, 5) is 18.3. The second-order valence-electron chi connectivity index (χ2n) is 8.00. The van der Waals surface area contributed by atoms with E-state index in [2.05, 4.69) is 10.3 Å². The average Bonchev–Trinajstić information content (AvgIpc) is 3.32. The highest BCUT2D eigenvalue weighted by Crippen LogP contribution is 2.25. The molecule has 1 atom stereocenters. The first-order valence-electron chi connectivity index (χ1n) is 10.8. The predicted molar refractivity (Wildman–Crippen MR) is 124 cm³/mol. The molecule has 1 N–H and O–H groups in total. The lowest BCUT2D eigenvalue weighted by atomic mass is 10.1. The highest BCUT2D eigenvalue weighted by molar-refractivity contribution is 5.91. The van der Waals surface area contributed by atoms with Crippen molar-refractivity contribution >= 4 is 17.7 Å². The van der Waals surface area contributed by atoms with Gasteiger partial charge in [-0.2, -0.15) is 0 Å². The van der Waals surface area contributed by atoms with Crippen molar-refractivity contribution in [3.63, 3.8) is 0 Å². The molecule has 1 saturated heterocycles. The molecule has 0 bridgehead atoms. The summed E-state index contributed by atoms with van der Waals surface area (Å²) in [6.45, 7) is 2.41. The zero-order chi connectivity index (χ0) is 23.0. The number of aromatic nitrogens is 1. The van der Waals surface area contributed by atoms with Gasteiger partial charge in [0.15, 0.2) is 11.6 Å². The van der Waals surface area contributed by atoms with Gasteiger partial charge >= 0.3 is 0 Å². The summed E-state index contributed by atoms with van der Waals surface area (Å²) in [5, 5.41) is 2.92. The highest BCUT2D eigenvalue weighted by atomic mass is 19.2. The first kappa shape index (κ1) is 22.5. The Balaban J connectivity index is 1.20. The fraction of sp³-hybridized carbons (Fsp3) is 0.231. The Hall–Kier alpha value is -3.74. The van der Waals surface area contributed by atoms with Crippen molar-refractivity contribution in [2.24, 2.45) is 5.92 Å². The van der Waals surface area contributed by atoms with Crippen LogP contribution in [0.2, 0.25) is 0 Å². The summed E-state index contributed by atoms with van der Waals surface area (Å²) in [5.74, 6) is -0.861. The van der Waals surface area contributed by atoms with Gasteiger partial charge in [-0.1, -0.05) is 18.2 Å². The first-order valence-corrected chi connectivity index (χ1v) is 10.8. The SMILES string of the molecule is O=C(/C=C/c1ccc(OCc2cccnc2)cc1)NCC1CCN(c2ccc(F)c(F)c2)C1. The molecule has 1 aromatic heterocycles. The molecular weight excluding hydrogens is 424 g/mol. The molecule has 0 radical (unpaired) electrons. The van der Waals surface area contributed by atoms with Crippen LogP contribution in [0.4, 0.5) is 14.5 Å². The van der Waals surface area contributed by atoms with E-state index in [0.717, 1.165) is 35.9 Å². The van der Waals surface area contributed by atoms with Crippen LogP contribution in [0, 0.1) is 17.6 Å². The third kappa shape index (κ3) is 6.38. The molecule has 1 fully saturated rings. The number of pyridine rings is 1. The van der Waals surface area contributed by atoms with Gasteiger partial charge in [0.05, 0.1) is 0 Å². The van der Waals surface area contributed by atoms with Crippen LogP contribution in [-0.4, -0.2) is 30.5 Å². The van der Waals surface area contributed by atoms with Gasteiger partial charge in [0.1, 0.15) is 12.4 Å². The molecule has 33 heavy (non-hydrogen) atoms. The minimum Gasteiger partial charge on any atom is -0.489 e. The molecule has 0 saturated carbocycles. The second kappa shape index (κ2) is 10.7. The first-order chi connectivity index (χ1) is 16.1. The van der Waals surface area contributed by atoms with Crippen LogP contribution in [0.15, 0.2) is 73.1 Å². The van der Waals surface area contributed by atoms with E-state index in [1.165, 1.54) is 12.1 Å². The monoisotopic (exact) mass is 449 g/mol. The molecule has 170 valence electrons. The minimum atomic E-state index is -0.847. The van der Waals surface area contributed by atoms with Crippen molar-refractivity contribution < 1.29 is 18.3 Å². The molecule has 4 rings (SSSR count). The highest BCUT2D eigenvalue weighted by Gasteiger charge is 2.23. The van der Waals surface area contributed by atoms with Crippen molar-refractivity contribution in [3.8, 4) is 5.75 Å². The molecule has 1 aliphatic heterocycles. The Morgan fingerprint density at radius 2 is 2.00 bits per heavy atom. The largest absolute Gasteiger partial charge is 0.489 e. The van der Waals surface area contributed by atoms with E-state index in [1.807, 2.05) is 41.3 Å². The van der Waals surface area contributed by atoms with Gasteiger partial charge in [-0.05, 0) is 54.3 Å². The number of amides is 1. The number of carbonyl (C=O) groups excluding carboxylic acids is 1. The van der Waals surface area contributed by atoms with Crippen LogP contribution in [0.5, 0.6) is 5.75 Å². The van der Waals surface area contributed by atoms with Crippen LogP contribution in [0.25, 0.3) is 6.08 Å². The Bertz CT molecular complexity index is 1100. The predicted octanol–water partition coefficient (Wildman–Crippen LogP) is 4.59. The number of benzene rings is 2. The van der Waals surface area contributed by atoms with Gasteiger partial charge in [0.25, 0.3) is 0 Å². The molecule has 3 aromatic rings. The number of halogens is 2. The average molecular weight is 450 g/mol. The summed E-state index contributed by atoms with van der Waals surface area (Å²) in [6, 6.07) is 15.3. The van der Waals surface area contributed by atoms with E-state index in [0.29, 0.717) is 25.4 Å². The topological polar surface area (TPSA) is 54.5 Å². The van der Waals surface area contributed by atoms with Crippen LogP contribution in [0.1, 0.15) is 17.5 Å². The molecule has 2 aromatic carbocycles. The van der Waals surface area contributed by atoms with Crippen molar-refractivity contribution in [3.05, 3.63) is 95.8 Å². The lowest BCUT2D eigenvalue weighted by molar-refractivity contribution is -0.116. The lowest BCUT2D eigenvalue weighted by Crippen LogP contribution is -2.29. The number of carbonyl (C=O) groups is 1. The van der Waals surface area contributed by atoms with Gasteiger partial charge in [0.2, 0.25) is 5.91 Å². The fourth-order valence-corrected chi connectivity index (χ4v) is 3.72. The molecule has 1 amide bonds. The third-order valence-electron chi connectivity index (χ3n) is 5.55. The molecule has 0 aliphatic carbocycles. The Morgan fingerprint density at radius 3 is 2.76 bits per heavy atom. The van der Waals surface area contributed by atoms with Gasteiger partial charge in [-0.15, -0.1) is 0 Å². The van der Waals surface area contributed by atoms with Crippen LogP contribution in [0.3, 0.4) is 0 Å². The molecular formula is C26H25F2N3O2. The normalized spacial score (nSPS) is 15.7. The maximum Gasteiger partial charge on any atom is 0.244 e. The molecule has 0 spiro atoms. The number of hydrogen-bond acceptors (Lipinski definition) is 4. The quantitative estimate of drug-likeness (QED) is 0.511. The summed E-state index contributed by atoms with van der Waals surface area (Å²) in [5.41, 5.74) is 2.55. The van der Waals surface area contributed by atoms with E-state index in [-0.39, 0.29) is 11.8 Å². The lowest BCUT2D eigenvalue weighted by Gasteiger charge is -2.19. The van der Waals surface area contributed by atoms with Gasteiger partial charge < -0.3 is 15.0 Å². The second-order valence-corrected chi connectivity index (χ2v) is 8.00. The summed E-state index contributed by atoms with van der Waals surface area (Å²) in [6.07, 6.45) is 7.63. The zero-order valence-electron chi connectivity index (χ0n) is 18.1. The minimum absolute atomic E-state index is 0.168. The van der Waals surface area contributed by atoms with Gasteiger partial charge in [-0.25, -0.2) is 8.78 Å². The van der Waals surface area contributed by atoms with Crippen molar-refractivity contribution in [1.29, 1.82) is 0 Å². The maximum absolute atomic E-state index is 13.5. The standard InChI is InChI=1S/C26H25F2N3O2/c27-24-9-6-22(14-25(24)28)31-13-11-20(17-31)16-30-26(32)10-5-19-3-7-23(8-4-19)33-18-21-2-1-12-29-15-21/h1-10,12,14-15,20H,11,13,16-18H2,(H,30,32)/b10-5+. The fourth-order valence-electron chi connectivity index (χ4n) is 3.72. The zero-order valence-corrected chi connectivity index (χ0v) is 18.1. The van der Waals surface area contributed by atoms with E-state index in [1.54, 1.807) is 24.5 Å². The van der Waals surface area contributed by atoms with Crippen LogP contribution >= 0.6 is 0 Å². The van der Waals surface area contributed by atoms with E-state index in [4.69, 9.17) is 4.74 Å². The number of rotatable bonds is 8. The Morgan fingerprint density at radius 1 is 1.15 bits per heavy atom. The molecule has 5 nitrogen and oxygen atoms in total. The molecule has 1 aliphatic rings. The summed E-state index contributed by atoms with van der Waals surface area (Å²) < 4.78 is 32.3. The molecule has 2 heterocycles. The van der Waals surface area contributed by atoms with E-state index >= 15 is 0 Å². The van der Waals surface area contributed by atoms with Gasteiger partial charge in [0, 0.05) is 55.4 Å². The summed E-state index contributed by atoms with van der Waals surface area (Å²) >= 11 is 0. The smallest absolute Gasteiger partial charge is 0.244 e. The summed E-state index contributed by atoms with van der Waals surface area (Å²) in [7, 11) is 0. The molecule has 7 heteroatoms. The van der Waals surface area contributed by atoms with Crippen molar-refractivity contribution in [1.82, 2.24) is 10.3 Å². The Labute approximate surface area is 191 Å². The Kier molecular flexibility index (Phi) is 7.29. The molecule has 1 unspecified atom stereocenters. The van der Waals surface area contributed by atoms with Crippen molar-refractivity contribution in [2.45, 2.75) is 13.0 Å². The number of hydrogen-bond donors (Lipinski definition) is 1. The number of anilines is 1. The van der Waals surface area contributed by atoms with Crippen LogP contribution < -0.4 is 15.0 Å². The van der Waals surface area contributed by atoms with Crippen molar-refractivity contribution in [2.75, 3.05) is 24.5 Å². The van der Waals surface area contributed by atoms with Gasteiger partial charge in [-0.3, -0.25) is 9.78 Å². The number of ether oxygens (including phenoxy) is 1. The number of nitrogens with zero attached hydrogens (tertiary/aromatic N) is 2. The number of nitrogens with one attached hydrogen (secondary N) is 1.